The Balaban J connectivity index is 2.15. The number of ether oxygens (including phenoxy) is 2. The molecule has 1 N–H and O–H groups in total. The van der Waals surface area contributed by atoms with Crippen molar-refractivity contribution in [2.24, 2.45) is 0 Å². The zero-order valence-electron chi connectivity index (χ0n) is 11.5. The summed E-state index contributed by atoms with van der Waals surface area (Å²) in [4.78, 5) is 0. The van der Waals surface area contributed by atoms with Gasteiger partial charge in [0.1, 0.15) is 11.9 Å². The van der Waals surface area contributed by atoms with E-state index in [9.17, 15) is 0 Å². The average molecular weight is 249 g/mol. The van der Waals surface area contributed by atoms with Crippen molar-refractivity contribution < 1.29 is 9.47 Å². The van der Waals surface area contributed by atoms with Gasteiger partial charge in [0.15, 0.2) is 0 Å². The maximum atomic E-state index is 6.17. The van der Waals surface area contributed by atoms with E-state index in [0.29, 0.717) is 12.1 Å². The van der Waals surface area contributed by atoms with Gasteiger partial charge in [0.2, 0.25) is 0 Å². The fourth-order valence-corrected chi connectivity index (χ4v) is 2.23. The van der Waals surface area contributed by atoms with E-state index >= 15 is 0 Å². The smallest absolute Gasteiger partial charge is 0.124 e. The quantitative estimate of drug-likeness (QED) is 0.890. The van der Waals surface area contributed by atoms with Crippen LogP contribution in [0.15, 0.2) is 18.2 Å². The SMILES string of the molecule is CNC(C)c1ccc(C)cc1OC1CCOCC1. The summed E-state index contributed by atoms with van der Waals surface area (Å²) < 4.78 is 11.5. The van der Waals surface area contributed by atoms with Crippen LogP contribution in [0.3, 0.4) is 0 Å². The molecular weight excluding hydrogens is 226 g/mol. The van der Waals surface area contributed by atoms with Crippen LogP contribution in [0.1, 0.15) is 36.9 Å². The minimum Gasteiger partial charge on any atom is -0.490 e. The van der Waals surface area contributed by atoms with Gasteiger partial charge in [0.05, 0.1) is 13.2 Å². The summed E-state index contributed by atoms with van der Waals surface area (Å²) in [6, 6.07) is 6.74. The van der Waals surface area contributed by atoms with Gasteiger partial charge in [-0.15, -0.1) is 0 Å². The first kappa shape index (κ1) is 13.4. The van der Waals surface area contributed by atoms with Crippen LogP contribution in [0, 0.1) is 6.92 Å². The molecule has 1 aromatic rings. The molecule has 18 heavy (non-hydrogen) atoms. The lowest BCUT2D eigenvalue weighted by molar-refractivity contribution is 0.0250. The van der Waals surface area contributed by atoms with Gasteiger partial charge in [-0.1, -0.05) is 12.1 Å². The predicted octanol–water partition coefficient (Wildman–Crippen LogP) is 2.83. The van der Waals surface area contributed by atoms with Crippen molar-refractivity contribution in [2.45, 2.75) is 38.8 Å². The molecular formula is C15H23NO2. The first-order chi connectivity index (χ1) is 8.70. The van der Waals surface area contributed by atoms with E-state index in [1.807, 2.05) is 7.05 Å². The molecule has 2 rings (SSSR count). The van der Waals surface area contributed by atoms with Gasteiger partial charge >= 0.3 is 0 Å². The number of benzene rings is 1. The molecule has 1 unspecified atom stereocenters. The fraction of sp³-hybridized carbons (Fsp3) is 0.600. The van der Waals surface area contributed by atoms with Crippen molar-refractivity contribution in [3.05, 3.63) is 29.3 Å². The molecule has 0 bridgehead atoms. The summed E-state index contributed by atoms with van der Waals surface area (Å²) >= 11 is 0. The standard InChI is InChI=1S/C15H23NO2/c1-11-4-5-14(12(2)16-3)15(10-11)18-13-6-8-17-9-7-13/h4-5,10,12-13,16H,6-9H2,1-3H3. The summed E-state index contributed by atoms with van der Waals surface area (Å²) in [6.45, 7) is 5.88. The Bertz CT molecular complexity index is 386. The molecule has 3 heteroatoms. The summed E-state index contributed by atoms with van der Waals surface area (Å²) in [5.41, 5.74) is 2.47. The number of aryl methyl sites for hydroxylation is 1. The van der Waals surface area contributed by atoms with Crippen LogP contribution in [0.5, 0.6) is 5.75 Å². The molecule has 0 radical (unpaired) electrons. The number of hydrogen-bond acceptors (Lipinski definition) is 3. The van der Waals surface area contributed by atoms with Crippen molar-refractivity contribution >= 4 is 0 Å². The maximum Gasteiger partial charge on any atom is 0.124 e. The van der Waals surface area contributed by atoms with Crippen LogP contribution in [-0.4, -0.2) is 26.4 Å². The van der Waals surface area contributed by atoms with E-state index in [4.69, 9.17) is 9.47 Å². The van der Waals surface area contributed by atoms with Gasteiger partial charge in [-0.25, -0.2) is 0 Å². The van der Waals surface area contributed by atoms with Crippen LogP contribution in [0.25, 0.3) is 0 Å². The topological polar surface area (TPSA) is 30.5 Å². The van der Waals surface area contributed by atoms with Crippen LogP contribution in [0.2, 0.25) is 0 Å². The predicted molar refractivity (Wildman–Crippen MR) is 73.1 cm³/mol. The van der Waals surface area contributed by atoms with Crippen molar-refractivity contribution in [1.82, 2.24) is 5.32 Å². The lowest BCUT2D eigenvalue weighted by Crippen LogP contribution is -2.26. The molecule has 1 saturated heterocycles. The Morgan fingerprint density at radius 1 is 1.33 bits per heavy atom. The molecule has 0 amide bonds. The third-order valence-corrected chi connectivity index (χ3v) is 3.53. The van der Waals surface area contributed by atoms with Gasteiger partial charge in [-0.3, -0.25) is 0 Å². The maximum absolute atomic E-state index is 6.17. The number of rotatable bonds is 4. The zero-order chi connectivity index (χ0) is 13.0. The van der Waals surface area contributed by atoms with Crippen molar-refractivity contribution in [3.63, 3.8) is 0 Å². The van der Waals surface area contributed by atoms with Crippen molar-refractivity contribution in [3.8, 4) is 5.75 Å². The monoisotopic (exact) mass is 249 g/mol. The lowest BCUT2D eigenvalue weighted by atomic mass is 10.0. The minimum atomic E-state index is 0.295. The van der Waals surface area contributed by atoms with Gasteiger partial charge in [-0.05, 0) is 32.5 Å². The average Bonchev–Trinajstić information content (AvgIpc) is 2.39. The molecule has 0 saturated carbocycles. The third kappa shape index (κ3) is 3.24. The summed E-state index contributed by atoms with van der Waals surface area (Å²) in [5, 5.41) is 3.27. The second-order valence-corrected chi connectivity index (χ2v) is 4.98. The first-order valence-electron chi connectivity index (χ1n) is 6.73. The van der Waals surface area contributed by atoms with Gasteiger partial charge in [-0.2, -0.15) is 0 Å². The lowest BCUT2D eigenvalue weighted by Gasteiger charge is -2.26. The summed E-state index contributed by atoms with van der Waals surface area (Å²) in [7, 11) is 1.97. The van der Waals surface area contributed by atoms with E-state index in [-0.39, 0.29) is 0 Å². The molecule has 0 spiro atoms. The largest absolute Gasteiger partial charge is 0.490 e. The minimum absolute atomic E-state index is 0.295. The molecule has 1 aliphatic heterocycles. The summed E-state index contributed by atoms with van der Waals surface area (Å²) in [5.74, 6) is 1.02. The number of nitrogens with one attached hydrogen (secondary N) is 1. The highest BCUT2D eigenvalue weighted by molar-refractivity contribution is 5.39. The normalized spacial score (nSPS) is 18.6. The molecule has 1 heterocycles. The zero-order valence-corrected chi connectivity index (χ0v) is 11.5. The summed E-state index contributed by atoms with van der Waals surface area (Å²) in [6.07, 6.45) is 2.27. The highest BCUT2D eigenvalue weighted by atomic mass is 16.5. The van der Waals surface area contributed by atoms with Gasteiger partial charge in [0, 0.05) is 24.4 Å². The molecule has 1 atom stereocenters. The highest BCUT2D eigenvalue weighted by Crippen LogP contribution is 2.28. The van der Waals surface area contributed by atoms with Crippen molar-refractivity contribution in [2.75, 3.05) is 20.3 Å². The van der Waals surface area contributed by atoms with Crippen LogP contribution >= 0.6 is 0 Å². The Hall–Kier alpha value is -1.06. The number of hydrogen-bond donors (Lipinski definition) is 1. The molecule has 1 aromatic carbocycles. The van der Waals surface area contributed by atoms with Crippen LogP contribution in [0.4, 0.5) is 0 Å². The third-order valence-electron chi connectivity index (χ3n) is 3.53. The van der Waals surface area contributed by atoms with Crippen molar-refractivity contribution in [1.29, 1.82) is 0 Å². The molecule has 1 aliphatic rings. The van der Waals surface area contributed by atoms with Gasteiger partial charge in [0.25, 0.3) is 0 Å². The molecule has 100 valence electrons. The fourth-order valence-electron chi connectivity index (χ4n) is 2.23. The van der Waals surface area contributed by atoms with E-state index in [0.717, 1.165) is 31.8 Å². The molecule has 0 aliphatic carbocycles. The van der Waals surface area contributed by atoms with Gasteiger partial charge < -0.3 is 14.8 Å². The molecule has 3 nitrogen and oxygen atoms in total. The highest BCUT2D eigenvalue weighted by Gasteiger charge is 2.18. The second kappa shape index (κ2) is 6.21. The Morgan fingerprint density at radius 3 is 2.72 bits per heavy atom. The van der Waals surface area contributed by atoms with E-state index in [2.05, 4.69) is 37.4 Å². The molecule has 1 fully saturated rings. The van der Waals surface area contributed by atoms with Crippen LogP contribution in [-0.2, 0) is 4.74 Å². The first-order valence-corrected chi connectivity index (χ1v) is 6.73. The van der Waals surface area contributed by atoms with E-state index in [1.54, 1.807) is 0 Å². The van der Waals surface area contributed by atoms with E-state index < -0.39 is 0 Å². The Labute approximate surface area is 109 Å². The van der Waals surface area contributed by atoms with Crippen LogP contribution < -0.4 is 10.1 Å². The second-order valence-electron chi connectivity index (χ2n) is 4.98. The Morgan fingerprint density at radius 2 is 2.06 bits per heavy atom. The Kier molecular flexibility index (Phi) is 4.61. The van der Waals surface area contributed by atoms with E-state index in [1.165, 1.54) is 11.1 Å². The molecule has 0 aromatic heterocycles.